The van der Waals surface area contributed by atoms with Crippen molar-refractivity contribution in [2.24, 2.45) is 0 Å². The van der Waals surface area contributed by atoms with Gasteiger partial charge in [-0.3, -0.25) is 4.79 Å². The maximum Gasteiger partial charge on any atom is 0.305 e. The average molecular weight is 523 g/mol. The van der Waals surface area contributed by atoms with Crippen LogP contribution in [0, 0.1) is 0 Å². The van der Waals surface area contributed by atoms with Crippen LogP contribution in [-0.2, 0) is 9.53 Å². The van der Waals surface area contributed by atoms with E-state index in [0.717, 1.165) is 12.8 Å². The summed E-state index contributed by atoms with van der Waals surface area (Å²) in [5.41, 5.74) is 0. The first-order chi connectivity index (χ1) is 18.3. The molecule has 0 heterocycles. The molecule has 0 aromatic carbocycles. The fourth-order valence-corrected chi connectivity index (χ4v) is 5.37. The van der Waals surface area contributed by atoms with Gasteiger partial charge in [-0.15, -0.1) is 0 Å². The van der Waals surface area contributed by atoms with Crippen molar-refractivity contribution in [3.8, 4) is 0 Å². The molecule has 0 N–H and O–H groups in total. The molecule has 37 heavy (non-hydrogen) atoms. The third-order valence-corrected chi connectivity index (χ3v) is 8.00. The van der Waals surface area contributed by atoms with Gasteiger partial charge in [0.05, 0.1) is 6.61 Å². The van der Waals surface area contributed by atoms with Crippen LogP contribution in [0.2, 0.25) is 0 Å². The Bertz CT molecular complexity index is 419. The summed E-state index contributed by atoms with van der Waals surface area (Å²) in [5.74, 6) is 0.0277. The maximum absolute atomic E-state index is 11.9. The van der Waals surface area contributed by atoms with Crippen LogP contribution in [0.5, 0.6) is 0 Å². The Morgan fingerprint density at radius 1 is 0.351 bits per heavy atom. The highest BCUT2D eigenvalue weighted by atomic mass is 16.5. The Labute approximate surface area is 234 Å². The van der Waals surface area contributed by atoms with E-state index in [4.69, 9.17) is 4.74 Å². The predicted molar refractivity (Wildman–Crippen MR) is 165 cm³/mol. The van der Waals surface area contributed by atoms with E-state index in [9.17, 15) is 4.79 Å². The monoisotopic (exact) mass is 523 g/mol. The van der Waals surface area contributed by atoms with Crippen LogP contribution in [-0.4, -0.2) is 12.6 Å². The van der Waals surface area contributed by atoms with Gasteiger partial charge in [-0.05, 0) is 12.8 Å². The van der Waals surface area contributed by atoms with Gasteiger partial charge in [0.1, 0.15) is 0 Å². The molecule has 2 nitrogen and oxygen atoms in total. The van der Waals surface area contributed by atoms with E-state index >= 15 is 0 Å². The van der Waals surface area contributed by atoms with E-state index in [1.807, 2.05) is 0 Å². The molecule has 2 heteroatoms. The van der Waals surface area contributed by atoms with Gasteiger partial charge < -0.3 is 4.74 Å². The molecule has 0 aliphatic carbocycles. The third-order valence-electron chi connectivity index (χ3n) is 8.00. The van der Waals surface area contributed by atoms with Crippen molar-refractivity contribution in [2.45, 2.75) is 213 Å². The Kier molecular flexibility index (Phi) is 33.0. The molecule has 0 radical (unpaired) electrons. The highest BCUT2D eigenvalue weighted by Crippen LogP contribution is 2.15. The number of carbonyl (C=O) groups is 1. The second kappa shape index (κ2) is 33.5. The molecule has 0 unspecified atom stereocenters. The van der Waals surface area contributed by atoms with Crippen molar-refractivity contribution in [2.75, 3.05) is 6.61 Å². The van der Waals surface area contributed by atoms with Gasteiger partial charge in [0.15, 0.2) is 0 Å². The van der Waals surface area contributed by atoms with E-state index < -0.39 is 0 Å². The molecule has 222 valence electrons. The van der Waals surface area contributed by atoms with Gasteiger partial charge in [-0.2, -0.15) is 0 Å². The minimum Gasteiger partial charge on any atom is -0.466 e. The molecule has 0 aromatic heterocycles. The molecule has 0 saturated heterocycles. The van der Waals surface area contributed by atoms with Crippen molar-refractivity contribution in [3.63, 3.8) is 0 Å². The first kappa shape index (κ1) is 36.5. The molecule has 0 amide bonds. The Morgan fingerprint density at radius 2 is 0.595 bits per heavy atom. The lowest BCUT2D eigenvalue weighted by molar-refractivity contribution is -0.143. The molecule has 0 fully saturated rings. The molecule has 0 aliphatic rings. The second-order valence-corrected chi connectivity index (χ2v) is 11.9. The van der Waals surface area contributed by atoms with Crippen LogP contribution in [0.3, 0.4) is 0 Å². The molecule has 0 bridgehead atoms. The second-order valence-electron chi connectivity index (χ2n) is 11.9. The fraction of sp³-hybridized carbons (Fsp3) is 0.971. The highest BCUT2D eigenvalue weighted by molar-refractivity contribution is 5.69. The van der Waals surface area contributed by atoms with Crippen molar-refractivity contribution < 1.29 is 9.53 Å². The van der Waals surface area contributed by atoms with Crippen LogP contribution in [0.4, 0.5) is 0 Å². The first-order valence-electron chi connectivity index (χ1n) is 17.5. The molecule has 0 aromatic rings. The standard InChI is InChI=1S/C35H70O2/c1-3-5-7-9-11-13-15-17-19-20-22-24-26-28-30-32-34-37-35(36)33-31-29-27-25-23-21-18-16-14-12-10-8-6-4-2/h3-34H2,1-2H3. The minimum atomic E-state index is 0.0277. The lowest BCUT2D eigenvalue weighted by Crippen LogP contribution is -2.05. The summed E-state index contributed by atoms with van der Waals surface area (Å²) in [4.78, 5) is 11.9. The number of carbonyl (C=O) groups excluding carboxylic acids is 1. The number of rotatable bonds is 32. The predicted octanol–water partition coefficient (Wildman–Crippen LogP) is 12.7. The zero-order valence-corrected chi connectivity index (χ0v) is 25.9. The maximum atomic E-state index is 11.9. The van der Waals surface area contributed by atoms with Crippen molar-refractivity contribution in [1.82, 2.24) is 0 Å². The SMILES string of the molecule is CCCCCCCCCCCCCCCCCCOC(=O)CCCCCCCCCCCCCCCC. The Hall–Kier alpha value is -0.530. The molecule has 0 saturated carbocycles. The number of hydrogen-bond donors (Lipinski definition) is 0. The van der Waals surface area contributed by atoms with E-state index in [1.54, 1.807) is 0 Å². The number of ether oxygens (including phenoxy) is 1. The van der Waals surface area contributed by atoms with Gasteiger partial charge >= 0.3 is 5.97 Å². The summed E-state index contributed by atoms with van der Waals surface area (Å²) in [6.45, 7) is 5.21. The van der Waals surface area contributed by atoms with E-state index in [-0.39, 0.29) is 5.97 Å². The van der Waals surface area contributed by atoms with Gasteiger partial charge in [0.2, 0.25) is 0 Å². The minimum absolute atomic E-state index is 0.0277. The van der Waals surface area contributed by atoms with Crippen LogP contribution in [0.25, 0.3) is 0 Å². The van der Waals surface area contributed by atoms with Gasteiger partial charge in [0.25, 0.3) is 0 Å². The lowest BCUT2D eigenvalue weighted by Gasteiger charge is -2.06. The summed E-state index contributed by atoms with van der Waals surface area (Å²) in [5, 5.41) is 0. The summed E-state index contributed by atoms with van der Waals surface area (Å²) >= 11 is 0. The highest BCUT2D eigenvalue weighted by Gasteiger charge is 2.03. The summed E-state index contributed by atoms with van der Waals surface area (Å²) in [6, 6.07) is 0. The quantitative estimate of drug-likeness (QED) is 0.0648. The first-order valence-corrected chi connectivity index (χ1v) is 17.5. The topological polar surface area (TPSA) is 26.3 Å². The summed E-state index contributed by atoms with van der Waals surface area (Å²) in [7, 11) is 0. The van der Waals surface area contributed by atoms with Crippen LogP contribution in [0.15, 0.2) is 0 Å². The molecular formula is C35H70O2. The zero-order valence-electron chi connectivity index (χ0n) is 25.9. The summed E-state index contributed by atoms with van der Waals surface area (Å²) < 4.78 is 5.44. The number of hydrogen-bond acceptors (Lipinski definition) is 2. The molecular weight excluding hydrogens is 452 g/mol. The normalized spacial score (nSPS) is 11.3. The van der Waals surface area contributed by atoms with Crippen LogP contribution >= 0.6 is 0 Å². The number of unbranched alkanes of at least 4 members (excludes halogenated alkanes) is 28. The van der Waals surface area contributed by atoms with Crippen molar-refractivity contribution in [1.29, 1.82) is 0 Å². The van der Waals surface area contributed by atoms with Gasteiger partial charge in [0, 0.05) is 6.42 Å². The molecule has 0 aliphatic heterocycles. The lowest BCUT2D eigenvalue weighted by atomic mass is 10.0. The fourth-order valence-electron chi connectivity index (χ4n) is 5.37. The van der Waals surface area contributed by atoms with Crippen LogP contribution in [0.1, 0.15) is 213 Å². The zero-order chi connectivity index (χ0) is 26.9. The van der Waals surface area contributed by atoms with E-state index in [0.29, 0.717) is 13.0 Å². The molecule has 0 rings (SSSR count). The molecule has 0 atom stereocenters. The molecule has 0 spiro atoms. The van der Waals surface area contributed by atoms with Gasteiger partial charge in [-0.1, -0.05) is 194 Å². The average Bonchev–Trinajstić information content (AvgIpc) is 2.90. The van der Waals surface area contributed by atoms with E-state index in [2.05, 4.69) is 13.8 Å². The van der Waals surface area contributed by atoms with Crippen LogP contribution < -0.4 is 0 Å². The Balaban J connectivity index is 3.14. The van der Waals surface area contributed by atoms with E-state index in [1.165, 1.54) is 180 Å². The third kappa shape index (κ3) is 33.4. The number of esters is 1. The summed E-state index contributed by atoms with van der Waals surface area (Å²) in [6.07, 6.45) is 41.6. The smallest absolute Gasteiger partial charge is 0.305 e. The van der Waals surface area contributed by atoms with Crippen molar-refractivity contribution in [3.05, 3.63) is 0 Å². The van der Waals surface area contributed by atoms with Gasteiger partial charge in [-0.25, -0.2) is 0 Å². The van der Waals surface area contributed by atoms with Crippen molar-refractivity contribution >= 4 is 5.97 Å². The Morgan fingerprint density at radius 3 is 0.892 bits per heavy atom. The largest absolute Gasteiger partial charge is 0.466 e.